The summed E-state index contributed by atoms with van der Waals surface area (Å²) >= 11 is 0. The van der Waals surface area contributed by atoms with Gasteiger partial charge < -0.3 is 15.1 Å². The van der Waals surface area contributed by atoms with E-state index in [2.05, 4.69) is 20.3 Å². The Morgan fingerprint density at radius 1 is 1.22 bits per heavy atom. The molecule has 1 aliphatic carbocycles. The molecule has 36 heavy (non-hydrogen) atoms. The molecule has 2 aromatic heterocycles. The van der Waals surface area contributed by atoms with Crippen LogP contribution in [0.3, 0.4) is 0 Å². The van der Waals surface area contributed by atoms with Gasteiger partial charge in [0.2, 0.25) is 0 Å². The van der Waals surface area contributed by atoms with Crippen molar-refractivity contribution in [1.29, 1.82) is 0 Å². The number of hydrogen-bond acceptors (Lipinski definition) is 6. The Kier molecular flexibility index (Phi) is 6.08. The van der Waals surface area contributed by atoms with Gasteiger partial charge in [-0.05, 0) is 48.5 Å². The summed E-state index contributed by atoms with van der Waals surface area (Å²) in [6.45, 7) is 0. The van der Waals surface area contributed by atoms with E-state index in [4.69, 9.17) is 0 Å². The lowest BCUT2D eigenvalue weighted by molar-refractivity contribution is 0.352. The van der Waals surface area contributed by atoms with Crippen molar-refractivity contribution >= 4 is 48.3 Å². The number of aromatic nitrogens is 1. The third-order valence-electron chi connectivity index (χ3n) is 6.64. The van der Waals surface area contributed by atoms with E-state index in [1.807, 2.05) is 0 Å². The summed E-state index contributed by atoms with van der Waals surface area (Å²) in [7, 11) is -6.85. The molecular formula is C25H28N4O5S2. The molecule has 1 unspecified atom stereocenters. The first-order valence-electron chi connectivity index (χ1n) is 11.7. The molecule has 2 aliphatic rings. The molecule has 3 N–H and O–H groups in total. The lowest BCUT2D eigenvalue weighted by atomic mass is 9.84. The minimum atomic E-state index is -4.23. The monoisotopic (exact) mass is 528 g/mol. The first-order chi connectivity index (χ1) is 17.0. The fourth-order valence-corrected chi connectivity index (χ4v) is 6.81. The van der Waals surface area contributed by atoms with Gasteiger partial charge in [0.1, 0.15) is 16.2 Å². The van der Waals surface area contributed by atoms with E-state index in [0.717, 1.165) is 25.7 Å². The SMILES string of the molecule is C=S(C)(=O)Nc1ccc2c(c1)S(=O)(=O)N=C(c1c(O)c(CC3CCCCC3)c3ccccn3c1=O)N2. The first kappa shape index (κ1) is 24.4. The number of aromatic hydroxyl groups is 1. The molecule has 1 aromatic carbocycles. The third-order valence-corrected chi connectivity index (χ3v) is 8.62. The summed E-state index contributed by atoms with van der Waals surface area (Å²) in [5.74, 6) is 3.41. The minimum Gasteiger partial charge on any atom is -0.507 e. The van der Waals surface area contributed by atoms with Crippen LogP contribution in [0.15, 0.2) is 56.7 Å². The van der Waals surface area contributed by atoms with Gasteiger partial charge in [0.25, 0.3) is 15.6 Å². The molecule has 0 spiro atoms. The maximum Gasteiger partial charge on any atom is 0.286 e. The Hall–Kier alpha value is -3.31. The quantitative estimate of drug-likeness (QED) is 0.436. The molecule has 3 heterocycles. The van der Waals surface area contributed by atoms with E-state index in [1.54, 1.807) is 30.5 Å². The molecule has 0 radical (unpaired) electrons. The maximum atomic E-state index is 13.5. The fraction of sp³-hybridized carbons (Fsp3) is 0.320. The Balaban J connectivity index is 1.64. The van der Waals surface area contributed by atoms with Crippen molar-refractivity contribution in [3.63, 3.8) is 0 Å². The molecule has 1 atom stereocenters. The largest absolute Gasteiger partial charge is 0.507 e. The van der Waals surface area contributed by atoms with Gasteiger partial charge in [-0.1, -0.05) is 38.2 Å². The summed E-state index contributed by atoms with van der Waals surface area (Å²) in [5, 5.41) is 14.3. The topological polar surface area (TPSA) is 129 Å². The van der Waals surface area contributed by atoms with E-state index < -0.39 is 25.3 Å². The molecule has 1 aliphatic heterocycles. The van der Waals surface area contributed by atoms with Crippen molar-refractivity contribution in [1.82, 2.24) is 4.40 Å². The number of pyridine rings is 2. The molecule has 11 heteroatoms. The summed E-state index contributed by atoms with van der Waals surface area (Å²) < 4.78 is 46.2. The first-order valence-corrected chi connectivity index (χ1v) is 15.3. The van der Waals surface area contributed by atoms with Crippen LogP contribution in [0.4, 0.5) is 11.4 Å². The highest BCUT2D eigenvalue weighted by molar-refractivity contribution is 8.00. The molecule has 5 rings (SSSR count). The highest BCUT2D eigenvalue weighted by atomic mass is 32.2. The zero-order valence-electron chi connectivity index (χ0n) is 19.9. The predicted octanol–water partition coefficient (Wildman–Crippen LogP) is 3.36. The summed E-state index contributed by atoms with van der Waals surface area (Å²) in [5.41, 5.74) is 0.960. The highest BCUT2D eigenvalue weighted by Crippen LogP contribution is 2.36. The molecule has 3 aromatic rings. The van der Waals surface area contributed by atoms with Crippen LogP contribution in [-0.2, 0) is 26.2 Å². The second-order valence-electron chi connectivity index (χ2n) is 9.53. The molecule has 0 bridgehead atoms. The third kappa shape index (κ3) is 4.60. The number of nitrogens with one attached hydrogen (secondary N) is 2. The van der Waals surface area contributed by atoms with Crippen LogP contribution in [0.25, 0.3) is 5.52 Å². The molecule has 1 fully saturated rings. The van der Waals surface area contributed by atoms with Crippen molar-refractivity contribution < 1.29 is 17.7 Å². The fourth-order valence-electron chi connectivity index (χ4n) is 5.03. The standard InChI is InChI=1S/C25H28N4O5S2/c1-35(2,32)27-17-11-12-19-21(15-17)36(33,34)28-24(26-19)22-23(30)18(14-16-8-4-3-5-9-16)20-10-6-7-13-29(20)25(22)31/h6-7,10-13,15-16,30H,1,3-5,8-9,14H2,2H3,(H,26,28)(H,27,32). The van der Waals surface area contributed by atoms with Gasteiger partial charge in [-0.15, -0.1) is 4.40 Å². The second kappa shape index (κ2) is 8.97. The molecule has 9 nitrogen and oxygen atoms in total. The van der Waals surface area contributed by atoms with Crippen molar-refractivity contribution in [3.8, 4) is 5.75 Å². The maximum absolute atomic E-state index is 13.5. The van der Waals surface area contributed by atoms with Crippen molar-refractivity contribution in [2.75, 3.05) is 16.3 Å². The van der Waals surface area contributed by atoms with E-state index >= 15 is 0 Å². The van der Waals surface area contributed by atoms with E-state index in [-0.39, 0.29) is 27.7 Å². The van der Waals surface area contributed by atoms with Crippen molar-refractivity contribution in [2.45, 2.75) is 43.4 Å². The van der Waals surface area contributed by atoms with Gasteiger partial charge in [-0.2, -0.15) is 8.42 Å². The zero-order chi connectivity index (χ0) is 25.7. The zero-order valence-corrected chi connectivity index (χ0v) is 21.5. The average molecular weight is 529 g/mol. The van der Waals surface area contributed by atoms with Crippen LogP contribution < -0.4 is 15.6 Å². The predicted molar refractivity (Wildman–Crippen MR) is 144 cm³/mol. The normalized spacial score (nSPS) is 19.1. The highest BCUT2D eigenvalue weighted by Gasteiger charge is 2.31. The lowest BCUT2D eigenvalue weighted by Gasteiger charge is -2.24. The van der Waals surface area contributed by atoms with E-state index in [9.17, 15) is 22.5 Å². The lowest BCUT2D eigenvalue weighted by Crippen LogP contribution is -2.31. The van der Waals surface area contributed by atoms with Gasteiger partial charge in [-0.25, -0.2) is 4.21 Å². The van der Waals surface area contributed by atoms with Crippen LogP contribution in [-0.4, -0.2) is 40.1 Å². The number of rotatable bonds is 5. The van der Waals surface area contributed by atoms with Crippen molar-refractivity contribution in [3.05, 3.63) is 64.1 Å². The molecule has 0 saturated heterocycles. The van der Waals surface area contributed by atoms with Gasteiger partial charge in [0, 0.05) is 33.4 Å². The van der Waals surface area contributed by atoms with Gasteiger partial charge >= 0.3 is 0 Å². The number of anilines is 2. The summed E-state index contributed by atoms with van der Waals surface area (Å²) in [6.07, 6.45) is 9.13. The Morgan fingerprint density at radius 3 is 2.69 bits per heavy atom. The summed E-state index contributed by atoms with van der Waals surface area (Å²) in [4.78, 5) is 13.3. The molecule has 0 amide bonds. The molecular weight excluding hydrogens is 500 g/mol. The second-order valence-corrected chi connectivity index (χ2v) is 13.3. The molecule has 1 saturated carbocycles. The number of hydrogen-bond donors (Lipinski definition) is 3. The Labute approximate surface area is 210 Å². The Morgan fingerprint density at radius 2 is 1.97 bits per heavy atom. The van der Waals surface area contributed by atoms with Crippen LogP contribution >= 0.6 is 0 Å². The smallest absolute Gasteiger partial charge is 0.286 e. The molecule has 190 valence electrons. The van der Waals surface area contributed by atoms with Gasteiger partial charge in [-0.3, -0.25) is 9.20 Å². The number of benzene rings is 1. The van der Waals surface area contributed by atoms with E-state index in [1.165, 1.54) is 29.2 Å². The van der Waals surface area contributed by atoms with Crippen LogP contribution in [0.2, 0.25) is 0 Å². The van der Waals surface area contributed by atoms with Gasteiger partial charge in [0.05, 0.1) is 11.2 Å². The number of nitrogens with zero attached hydrogens (tertiary/aromatic N) is 2. The van der Waals surface area contributed by atoms with Crippen LogP contribution in [0.5, 0.6) is 5.75 Å². The van der Waals surface area contributed by atoms with Crippen LogP contribution in [0, 0.1) is 5.92 Å². The Bertz CT molecular complexity index is 1670. The van der Waals surface area contributed by atoms with Crippen LogP contribution in [0.1, 0.15) is 43.2 Å². The number of fused-ring (bicyclic) bond motifs is 2. The van der Waals surface area contributed by atoms with Crippen molar-refractivity contribution in [2.24, 2.45) is 10.3 Å². The number of amidine groups is 1. The average Bonchev–Trinajstić information content (AvgIpc) is 2.82. The van der Waals surface area contributed by atoms with Gasteiger partial charge in [0.15, 0.2) is 5.84 Å². The number of sulfonamides is 1. The minimum absolute atomic E-state index is 0.136. The summed E-state index contributed by atoms with van der Waals surface area (Å²) in [6, 6.07) is 9.67. The van der Waals surface area contributed by atoms with E-state index in [0.29, 0.717) is 29.1 Å².